The molecule has 8 heteroatoms. The molecule has 0 atom stereocenters. The van der Waals surface area contributed by atoms with Crippen LogP contribution in [0.3, 0.4) is 0 Å². The minimum atomic E-state index is -0.365. The van der Waals surface area contributed by atoms with Crippen molar-refractivity contribution in [2.75, 3.05) is 5.32 Å². The number of halogens is 1. The van der Waals surface area contributed by atoms with Crippen LogP contribution in [0.4, 0.5) is 5.13 Å². The number of carbonyl (C=O) groups is 1. The Labute approximate surface area is 164 Å². The molecule has 0 unspecified atom stereocenters. The van der Waals surface area contributed by atoms with Crippen molar-refractivity contribution in [1.29, 1.82) is 0 Å². The highest BCUT2D eigenvalue weighted by atomic mass is 35.5. The topological polar surface area (TPSA) is 72.7 Å². The van der Waals surface area contributed by atoms with Gasteiger partial charge in [0.2, 0.25) is 5.13 Å². The molecule has 0 fully saturated rings. The fourth-order valence-electron chi connectivity index (χ4n) is 2.64. The SMILES string of the molecule is Cc1nn(-c2ccccc2)c(Cl)c1C(=O)Nc1nc(-c2ccccc2)ns1. The van der Waals surface area contributed by atoms with Crippen molar-refractivity contribution >= 4 is 34.2 Å². The van der Waals surface area contributed by atoms with Gasteiger partial charge in [0, 0.05) is 17.1 Å². The molecule has 1 N–H and O–H groups in total. The maximum atomic E-state index is 12.7. The van der Waals surface area contributed by atoms with Crippen LogP contribution in [0, 0.1) is 6.92 Å². The molecule has 0 radical (unpaired) electrons. The Hall–Kier alpha value is -3.03. The van der Waals surface area contributed by atoms with Gasteiger partial charge in [0.15, 0.2) is 5.82 Å². The number of hydrogen-bond acceptors (Lipinski definition) is 5. The van der Waals surface area contributed by atoms with Crippen molar-refractivity contribution in [2.24, 2.45) is 0 Å². The molecule has 134 valence electrons. The Morgan fingerprint density at radius 3 is 2.44 bits per heavy atom. The zero-order chi connectivity index (χ0) is 18.8. The van der Waals surface area contributed by atoms with E-state index in [0.717, 1.165) is 22.8 Å². The highest BCUT2D eigenvalue weighted by Gasteiger charge is 2.22. The molecule has 1 amide bonds. The molecule has 0 aliphatic rings. The number of para-hydroxylation sites is 1. The average molecular weight is 396 g/mol. The number of aromatic nitrogens is 4. The summed E-state index contributed by atoms with van der Waals surface area (Å²) in [4.78, 5) is 17.1. The molecule has 0 saturated carbocycles. The van der Waals surface area contributed by atoms with Crippen molar-refractivity contribution in [3.63, 3.8) is 0 Å². The molecule has 4 rings (SSSR count). The fraction of sp³-hybridized carbons (Fsp3) is 0.0526. The Balaban J connectivity index is 1.59. The number of hydrogen-bond donors (Lipinski definition) is 1. The van der Waals surface area contributed by atoms with Gasteiger partial charge in [0.1, 0.15) is 10.7 Å². The number of aryl methyl sites for hydroxylation is 1. The lowest BCUT2D eigenvalue weighted by molar-refractivity contribution is 0.102. The molecule has 0 aliphatic heterocycles. The molecule has 27 heavy (non-hydrogen) atoms. The van der Waals surface area contributed by atoms with Crippen LogP contribution in [0.15, 0.2) is 60.7 Å². The molecule has 4 aromatic rings. The van der Waals surface area contributed by atoms with Gasteiger partial charge in [-0.2, -0.15) is 14.5 Å². The molecule has 6 nitrogen and oxygen atoms in total. The van der Waals surface area contributed by atoms with Gasteiger partial charge in [-0.3, -0.25) is 10.1 Å². The van der Waals surface area contributed by atoms with E-state index in [1.54, 1.807) is 11.6 Å². The van der Waals surface area contributed by atoms with E-state index in [1.165, 1.54) is 0 Å². The maximum Gasteiger partial charge on any atom is 0.262 e. The smallest absolute Gasteiger partial charge is 0.262 e. The van der Waals surface area contributed by atoms with Crippen molar-refractivity contribution in [3.05, 3.63) is 77.1 Å². The van der Waals surface area contributed by atoms with E-state index in [4.69, 9.17) is 11.6 Å². The van der Waals surface area contributed by atoms with Gasteiger partial charge < -0.3 is 0 Å². The van der Waals surface area contributed by atoms with E-state index in [9.17, 15) is 4.79 Å². The van der Waals surface area contributed by atoms with E-state index in [2.05, 4.69) is 19.8 Å². The summed E-state index contributed by atoms with van der Waals surface area (Å²) in [5.41, 5.74) is 2.53. The summed E-state index contributed by atoms with van der Waals surface area (Å²) >= 11 is 7.55. The highest BCUT2D eigenvalue weighted by Crippen LogP contribution is 2.26. The first-order chi connectivity index (χ1) is 13.1. The molecule has 0 bridgehead atoms. The van der Waals surface area contributed by atoms with Crippen LogP contribution in [0.25, 0.3) is 17.1 Å². The summed E-state index contributed by atoms with van der Waals surface area (Å²) in [7, 11) is 0. The standard InChI is InChI=1S/C19H14ClN5OS/c1-12-15(16(20)25(23-12)14-10-6-3-7-11-14)18(26)22-19-21-17(24-27-19)13-8-4-2-5-9-13/h2-11H,1H3,(H,21,22,24,26). The van der Waals surface area contributed by atoms with Crippen LogP contribution in [0.2, 0.25) is 5.15 Å². The molecule has 0 spiro atoms. The quantitative estimate of drug-likeness (QED) is 0.547. The predicted molar refractivity (Wildman–Crippen MR) is 107 cm³/mol. The maximum absolute atomic E-state index is 12.7. The van der Waals surface area contributed by atoms with Gasteiger partial charge in [-0.1, -0.05) is 60.1 Å². The largest absolute Gasteiger partial charge is 0.296 e. The summed E-state index contributed by atoms with van der Waals surface area (Å²) in [6.45, 7) is 1.75. The first-order valence-electron chi connectivity index (χ1n) is 8.14. The number of rotatable bonds is 4. The molecule has 0 saturated heterocycles. The van der Waals surface area contributed by atoms with Gasteiger partial charge in [0.05, 0.1) is 11.4 Å². The van der Waals surface area contributed by atoms with Crippen LogP contribution in [-0.2, 0) is 0 Å². The van der Waals surface area contributed by atoms with E-state index < -0.39 is 0 Å². The number of carbonyl (C=O) groups excluding carboxylic acids is 1. The van der Waals surface area contributed by atoms with Crippen LogP contribution in [0.5, 0.6) is 0 Å². The second-order valence-electron chi connectivity index (χ2n) is 5.74. The zero-order valence-corrected chi connectivity index (χ0v) is 15.8. The summed E-state index contributed by atoms with van der Waals surface area (Å²) < 4.78 is 5.84. The molecular weight excluding hydrogens is 382 g/mol. The Kier molecular flexibility index (Phi) is 4.70. The Morgan fingerprint density at radius 1 is 1.07 bits per heavy atom. The van der Waals surface area contributed by atoms with Crippen molar-refractivity contribution < 1.29 is 4.79 Å². The third kappa shape index (κ3) is 3.47. The van der Waals surface area contributed by atoms with Gasteiger partial charge in [-0.15, -0.1) is 0 Å². The minimum Gasteiger partial charge on any atom is -0.296 e. The van der Waals surface area contributed by atoms with Crippen LogP contribution < -0.4 is 5.32 Å². The van der Waals surface area contributed by atoms with Gasteiger partial charge in [-0.05, 0) is 19.1 Å². The number of benzene rings is 2. The molecule has 2 aromatic heterocycles. The van der Waals surface area contributed by atoms with E-state index in [1.807, 2.05) is 60.7 Å². The lowest BCUT2D eigenvalue weighted by Gasteiger charge is -2.03. The lowest BCUT2D eigenvalue weighted by atomic mass is 10.2. The third-order valence-corrected chi connectivity index (χ3v) is 4.89. The van der Waals surface area contributed by atoms with Crippen LogP contribution in [-0.4, -0.2) is 25.0 Å². The average Bonchev–Trinajstić information content (AvgIpc) is 3.27. The molecule has 0 aliphatic carbocycles. The summed E-state index contributed by atoms with van der Waals surface area (Å²) in [5, 5.41) is 7.81. The Morgan fingerprint density at radius 2 is 1.74 bits per heavy atom. The van der Waals surface area contributed by atoms with Crippen molar-refractivity contribution in [2.45, 2.75) is 6.92 Å². The summed E-state index contributed by atoms with van der Waals surface area (Å²) in [5.74, 6) is 0.203. The first-order valence-corrected chi connectivity index (χ1v) is 9.29. The molecule has 2 aromatic carbocycles. The minimum absolute atomic E-state index is 0.254. The summed E-state index contributed by atoms with van der Waals surface area (Å²) in [6.07, 6.45) is 0. The monoisotopic (exact) mass is 395 g/mol. The van der Waals surface area contributed by atoms with Gasteiger partial charge in [-0.25, -0.2) is 4.68 Å². The number of nitrogens with one attached hydrogen (secondary N) is 1. The van der Waals surface area contributed by atoms with Crippen LogP contribution in [0.1, 0.15) is 16.1 Å². The second kappa shape index (κ2) is 7.30. The van der Waals surface area contributed by atoms with E-state index in [-0.39, 0.29) is 11.1 Å². The van der Waals surface area contributed by atoms with Crippen molar-refractivity contribution in [1.82, 2.24) is 19.1 Å². The summed E-state index contributed by atoms with van der Waals surface area (Å²) in [6, 6.07) is 19.0. The molecule has 2 heterocycles. The molecular formula is C19H14ClN5OS. The third-order valence-electron chi connectivity index (χ3n) is 3.91. The fourth-order valence-corrected chi connectivity index (χ4v) is 3.58. The van der Waals surface area contributed by atoms with Gasteiger partial charge in [0.25, 0.3) is 5.91 Å². The lowest BCUT2D eigenvalue weighted by Crippen LogP contribution is -2.13. The Bertz CT molecular complexity index is 1090. The number of nitrogens with zero attached hydrogens (tertiary/aromatic N) is 4. The number of anilines is 1. The number of amides is 1. The van der Waals surface area contributed by atoms with Gasteiger partial charge >= 0.3 is 0 Å². The van der Waals surface area contributed by atoms with Crippen molar-refractivity contribution in [3.8, 4) is 17.1 Å². The predicted octanol–water partition coefficient (Wildman–Crippen LogP) is 4.60. The van der Waals surface area contributed by atoms with E-state index in [0.29, 0.717) is 22.2 Å². The first kappa shape index (κ1) is 17.4. The zero-order valence-electron chi connectivity index (χ0n) is 14.3. The normalized spacial score (nSPS) is 10.7. The van der Waals surface area contributed by atoms with Crippen LogP contribution >= 0.6 is 23.1 Å². The second-order valence-corrected chi connectivity index (χ2v) is 6.85. The van der Waals surface area contributed by atoms with E-state index >= 15 is 0 Å². The highest BCUT2D eigenvalue weighted by molar-refractivity contribution is 7.10.